The molecular formula is C12H17N3O4. The molecule has 0 saturated carbocycles. The van der Waals surface area contributed by atoms with Gasteiger partial charge < -0.3 is 4.74 Å². The number of carbonyl (C=O) groups excluding carboxylic acids is 1. The fraction of sp³-hybridized carbons (Fsp3) is 0.667. The Kier molecular flexibility index (Phi) is 3.94. The van der Waals surface area contributed by atoms with Gasteiger partial charge in [0.2, 0.25) is 0 Å². The average Bonchev–Trinajstić information content (AvgIpc) is 2.64. The molecule has 1 aliphatic rings. The van der Waals surface area contributed by atoms with Crippen molar-refractivity contribution in [3.8, 4) is 0 Å². The molecule has 2 rings (SSSR count). The number of aromatic nitrogens is 2. The van der Waals surface area contributed by atoms with Gasteiger partial charge in [-0.1, -0.05) is 6.92 Å². The minimum atomic E-state index is -0.459. The Hall–Kier alpha value is -1.76. The number of hydrogen-bond acceptors (Lipinski definition) is 5. The molecule has 19 heavy (non-hydrogen) atoms. The SMILES string of the molecule is CCC1CC(=O)CCC(c2c([N+](=O)[O-])cnn2C)O1. The van der Waals surface area contributed by atoms with E-state index in [1.165, 1.54) is 10.9 Å². The minimum absolute atomic E-state index is 0.0447. The van der Waals surface area contributed by atoms with Crippen LogP contribution in [0.25, 0.3) is 0 Å². The first kappa shape index (κ1) is 13.7. The smallest absolute Gasteiger partial charge is 0.312 e. The van der Waals surface area contributed by atoms with Gasteiger partial charge in [0.05, 0.1) is 11.0 Å². The monoisotopic (exact) mass is 267 g/mol. The van der Waals surface area contributed by atoms with Crippen molar-refractivity contribution in [2.24, 2.45) is 7.05 Å². The Balaban J connectivity index is 2.32. The summed E-state index contributed by atoms with van der Waals surface area (Å²) in [6, 6.07) is 0. The van der Waals surface area contributed by atoms with Crippen LogP contribution in [0.1, 0.15) is 44.4 Å². The van der Waals surface area contributed by atoms with Crippen molar-refractivity contribution in [1.29, 1.82) is 0 Å². The molecule has 1 aliphatic heterocycles. The zero-order valence-corrected chi connectivity index (χ0v) is 11.0. The molecule has 7 heteroatoms. The summed E-state index contributed by atoms with van der Waals surface area (Å²) in [6.07, 6.45) is 2.58. The summed E-state index contributed by atoms with van der Waals surface area (Å²) < 4.78 is 7.32. The van der Waals surface area contributed by atoms with Crippen molar-refractivity contribution in [2.45, 2.75) is 44.8 Å². The summed E-state index contributed by atoms with van der Waals surface area (Å²) in [5, 5.41) is 14.9. The molecule has 0 bridgehead atoms. The molecule has 104 valence electrons. The van der Waals surface area contributed by atoms with Gasteiger partial charge >= 0.3 is 5.69 Å². The highest BCUT2D eigenvalue weighted by Crippen LogP contribution is 2.34. The highest BCUT2D eigenvalue weighted by Gasteiger charge is 2.32. The molecule has 0 amide bonds. The van der Waals surface area contributed by atoms with Gasteiger partial charge in [-0.15, -0.1) is 0 Å². The molecule has 0 aromatic carbocycles. The maximum atomic E-state index is 11.6. The molecule has 0 N–H and O–H groups in total. The Bertz CT molecular complexity index is 497. The number of ether oxygens (including phenoxy) is 1. The van der Waals surface area contributed by atoms with E-state index in [0.29, 0.717) is 31.4 Å². The summed E-state index contributed by atoms with van der Waals surface area (Å²) in [6.45, 7) is 1.94. The van der Waals surface area contributed by atoms with Gasteiger partial charge in [0, 0.05) is 19.9 Å². The highest BCUT2D eigenvalue weighted by atomic mass is 16.6. The largest absolute Gasteiger partial charge is 0.368 e. The van der Waals surface area contributed by atoms with Crippen LogP contribution in [-0.4, -0.2) is 26.6 Å². The van der Waals surface area contributed by atoms with E-state index < -0.39 is 11.0 Å². The average molecular weight is 267 g/mol. The Morgan fingerprint density at radius 1 is 1.63 bits per heavy atom. The van der Waals surface area contributed by atoms with Crippen LogP contribution in [0.5, 0.6) is 0 Å². The quantitative estimate of drug-likeness (QED) is 0.616. The third-order valence-electron chi connectivity index (χ3n) is 3.42. The molecule has 0 spiro atoms. The summed E-state index contributed by atoms with van der Waals surface area (Å²) in [5.74, 6) is 0.152. The molecule has 7 nitrogen and oxygen atoms in total. The number of hydrogen-bond donors (Lipinski definition) is 0. The Morgan fingerprint density at radius 2 is 2.37 bits per heavy atom. The second-order valence-corrected chi connectivity index (χ2v) is 4.73. The van der Waals surface area contributed by atoms with Crippen molar-refractivity contribution < 1.29 is 14.5 Å². The van der Waals surface area contributed by atoms with Crippen molar-refractivity contribution >= 4 is 11.5 Å². The number of carbonyl (C=O) groups is 1. The van der Waals surface area contributed by atoms with Crippen LogP contribution in [0, 0.1) is 10.1 Å². The Labute approximate surface area is 110 Å². The lowest BCUT2D eigenvalue weighted by atomic mass is 10.1. The van der Waals surface area contributed by atoms with E-state index in [9.17, 15) is 14.9 Å². The van der Waals surface area contributed by atoms with E-state index in [-0.39, 0.29) is 17.6 Å². The van der Waals surface area contributed by atoms with Gasteiger partial charge in [0.25, 0.3) is 0 Å². The molecule has 2 heterocycles. The van der Waals surface area contributed by atoms with Crippen molar-refractivity contribution in [3.05, 3.63) is 22.0 Å². The van der Waals surface area contributed by atoms with Gasteiger partial charge in [0.1, 0.15) is 23.8 Å². The third-order valence-corrected chi connectivity index (χ3v) is 3.42. The first-order chi connectivity index (χ1) is 9.02. The van der Waals surface area contributed by atoms with Crippen LogP contribution in [0.2, 0.25) is 0 Å². The van der Waals surface area contributed by atoms with Gasteiger partial charge in [-0.3, -0.25) is 19.6 Å². The second kappa shape index (κ2) is 5.48. The van der Waals surface area contributed by atoms with E-state index in [2.05, 4.69) is 5.10 Å². The van der Waals surface area contributed by atoms with Crippen LogP contribution in [0.15, 0.2) is 6.20 Å². The summed E-state index contributed by atoms with van der Waals surface area (Å²) in [7, 11) is 1.65. The number of nitro groups is 1. The summed E-state index contributed by atoms with van der Waals surface area (Å²) >= 11 is 0. The molecule has 0 aliphatic carbocycles. The van der Waals surface area contributed by atoms with Crippen molar-refractivity contribution in [1.82, 2.24) is 9.78 Å². The first-order valence-corrected chi connectivity index (χ1v) is 6.36. The van der Waals surface area contributed by atoms with E-state index in [0.717, 1.165) is 0 Å². The normalized spacial score (nSPS) is 24.2. The van der Waals surface area contributed by atoms with Crippen molar-refractivity contribution in [2.75, 3.05) is 0 Å². The molecule has 1 saturated heterocycles. The molecule has 2 unspecified atom stereocenters. The number of nitrogens with zero attached hydrogens (tertiary/aromatic N) is 3. The maximum Gasteiger partial charge on any atom is 0.312 e. The van der Waals surface area contributed by atoms with Gasteiger partial charge in [-0.2, -0.15) is 5.10 Å². The van der Waals surface area contributed by atoms with Crippen LogP contribution in [0.4, 0.5) is 5.69 Å². The fourth-order valence-corrected chi connectivity index (χ4v) is 2.39. The lowest BCUT2D eigenvalue weighted by Crippen LogP contribution is -2.17. The Morgan fingerprint density at radius 3 is 3.00 bits per heavy atom. The van der Waals surface area contributed by atoms with E-state index in [1.54, 1.807) is 7.05 Å². The van der Waals surface area contributed by atoms with Crippen LogP contribution in [-0.2, 0) is 16.6 Å². The minimum Gasteiger partial charge on any atom is -0.368 e. The van der Waals surface area contributed by atoms with Gasteiger partial charge in [-0.25, -0.2) is 0 Å². The maximum absolute atomic E-state index is 11.6. The predicted octanol–water partition coefficient (Wildman–Crippen LogP) is 1.92. The first-order valence-electron chi connectivity index (χ1n) is 6.36. The predicted molar refractivity (Wildman–Crippen MR) is 66.6 cm³/mol. The van der Waals surface area contributed by atoms with E-state index in [1.807, 2.05) is 6.92 Å². The number of Topliss-reactive ketones (excluding diaryl/α,β-unsaturated/α-hetero) is 1. The lowest BCUT2D eigenvalue weighted by molar-refractivity contribution is -0.386. The number of rotatable bonds is 3. The molecule has 1 aromatic rings. The summed E-state index contributed by atoms with van der Waals surface area (Å²) in [4.78, 5) is 22.2. The number of aryl methyl sites for hydroxylation is 1. The lowest BCUT2D eigenvalue weighted by Gasteiger charge is -2.19. The van der Waals surface area contributed by atoms with Crippen LogP contribution >= 0.6 is 0 Å². The van der Waals surface area contributed by atoms with Crippen molar-refractivity contribution in [3.63, 3.8) is 0 Å². The number of ketones is 1. The van der Waals surface area contributed by atoms with E-state index in [4.69, 9.17) is 4.74 Å². The van der Waals surface area contributed by atoms with E-state index >= 15 is 0 Å². The molecule has 1 fully saturated rings. The summed E-state index contributed by atoms with van der Waals surface area (Å²) in [5.41, 5.74) is 0.398. The molecule has 2 atom stereocenters. The highest BCUT2D eigenvalue weighted by molar-refractivity contribution is 5.79. The van der Waals surface area contributed by atoms with Crippen LogP contribution in [0.3, 0.4) is 0 Å². The molecule has 0 radical (unpaired) electrons. The third kappa shape index (κ3) is 2.81. The zero-order valence-electron chi connectivity index (χ0n) is 11.0. The standard InChI is InChI=1S/C12H17N3O4/c1-3-9-6-8(16)4-5-11(19-9)12-10(15(17)18)7-13-14(12)2/h7,9,11H,3-6H2,1-2H3. The topological polar surface area (TPSA) is 87.3 Å². The second-order valence-electron chi connectivity index (χ2n) is 4.73. The van der Waals surface area contributed by atoms with Crippen LogP contribution < -0.4 is 0 Å². The molecular weight excluding hydrogens is 250 g/mol. The van der Waals surface area contributed by atoms with Gasteiger partial charge in [-0.05, 0) is 12.8 Å². The molecule has 1 aromatic heterocycles. The van der Waals surface area contributed by atoms with Gasteiger partial charge in [0.15, 0.2) is 0 Å². The fourth-order valence-electron chi connectivity index (χ4n) is 2.39. The zero-order chi connectivity index (χ0) is 14.0.